The van der Waals surface area contributed by atoms with Crippen LogP contribution in [0, 0.1) is 20.8 Å². The molecule has 4 aromatic rings. The Balaban J connectivity index is 1.69. The first-order valence-corrected chi connectivity index (χ1v) is 10.2. The number of anilines is 1. The predicted molar refractivity (Wildman–Crippen MR) is 117 cm³/mol. The van der Waals surface area contributed by atoms with Crippen LogP contribution in [0.2, 0.25) is 0 Å². The minimum atomic E-state index is -0.200. The summed E-state index contributed by atoms with van der Waals surface area (Å²) in [4.78, 5) is 18.6. The minimum absolute atomic E-state index is 0.200. The van der Waals surface area contributed by atoms with E-state index in [0.29, 0.717) is 22.9 Å². The molecular formula is C23H22N4OS. The number of aromatic nitrogens is 3. The molecule has 2 aromatic heterocycles. The van der Waals surface area contributed by atoms with Gasteiger partial charge in [0.2, 0.25) is 0 Å². The summed E-state index contributed by atoms with van der Waals surface area (Å²) in [6.07, 6.45) is 1.81. The Morgan fingerprint density at radius 1 is 1.03 bits per heavy atom. The highest BCUT2D eigenvalue weighted by Crippen LogP contribution is 2.26. The summed E-state index contributed by atoms with van der Waals surface area (Å²) in [5.41, 5.74) is 5.35. The predicted octanol–water partition coefficient (Wildman–Crippen LogP) is 5.23. The van der Waals surface area contributed by atoms with Crippen molar-refractivity contribution in [3.05, 3.63) is 88.1 Å². The molecule has 0 radical (unpaired) electrons. The molecular weight excluding hydrogens is 380 g/mol. The number of aryl methyl sites for hydroxylation is 3. The number of nitrogens with one attached hydrogen (secondary N) is 1. The van der Waals surface area contributed by atoms with Crippen molar-refractivity contribution in [2.24, 2.45) is 0 Å². The van der Waals surface area contributed by atoms with E-state index in [4.69, 9.17) is 5.10 Å². The monoisotopic (exact) mass is 402 g/mol. The SMILES string of the molecule is Cc1ccc(-c2nn(Cc3ccccc3)cc2C(=O)Nc2nc(C)c(C)s2)cc1. The molecule has 0 fully saturated rings. The minimum Gasteiger partial charge on any atom is -0.298 e. The lowest BCUT2D eigenvalue weighted by atomic mass is 10.1. The Morgan fingerprint density at radius 3 is 2.41 bits per heavy atom. The van der Waals surface area contributed by atoms with Crippen molar-refractivity contribution in [3.8, 4) is 11.3 Å². The first kappa shape index (κ1) is 19.1. The number of thiazole rings is 1. The number of hydrogen-bond acceptors (Lipinski definition) is 4. The smallest absolute Gasteiger partial charge is 0.261 e. The summed E-state index contributed by atoms with van der Waals surface area (Å²) in [5.74, 6) is -0.200. The van der Waals surface area contributed by atoms with Crippen molar-refractivity contribution in [3.63, 3.8) is 0 Å². The molecule has 0 aliphatic carbocycles. The molecule has 4 rings (SSSR count). The first-order valence-electron chi connectivity index (χ1n) is 9.43. The van der Waals surface area contributed by atoms with E-state index < -0.39 is 0 Å². The highest BCUT2D eigenvalue weighted by molar-refractivity contribution is 7.15. The fourth-order valence-corrected chi connectivity index (χ4v) is 3.86. The largest absolute Gasteiger partial charge is 0.298 e. The standard InChI is InChI=1S/C23H22N4OS/c1-15-9-11-19(12-10-15)21-20(22(28)25-23-24-16(2)17(3)29-23)14-27(26-21)13-18-7-5-4-6-8-18/h4-12,14H,13H2,1-3H3,(H,24,25,28). The number of rotatable bonds is 5. The summed E-state index contributed by atoms with van der Waals surface area (Å²) >= 11 is 1.48. The number of benzene rings is 2. The maximum atomic E-state index is 13.1. The molecule has 1 N–H and O–H groups in total. The summed E-state index contributed by atoms with van der Waals surface area (Å²) in [6.45, 7) is 6.58. The Bertz CT molecular complexity index is 1120. The van der Waals surface area contributed by atoms with Gasteiger partial charge in [-0.2, -0.15) is 5.10 Å². The third-order valence-electron chi connectivity index (χ3n) is 4.77. The number of carbonyl (C=O) groups excluding carboxylic acids is 1. The van der Waals surface area contributed by atoms with E-state index in [1.54, 1.807) is 0 Å². The zero-order valence-corrected chi connectivity index (χ0v) is 17.5. The van der Waals surface area contributed by atoms with Crippen LogP contribution in [0.4, 0.5) is 5.13 Å². The van der Waals surface area contributed by atoms with Crippen LogP contribution < -0.4 is 5.32 Å². The van der Waals surface area contributed by atoms with Crippen molar-refractivity contribution < 1.29 is 4.79 Å². The van der Waals surface area contributed by atoms with Crippen LogP contribution in [0.15, 0.2) is 60.8 Å². The molecule has 0 atom stereocenters. The third-order valence-corrected chi connectivity index (χ3v) is 5.76. The van der Waals surface area contributed by atoms with Crippen LogP contribution in [0.25, 0.3) is 11.3 Å². The van der Waals surface area contributed by atoms with Crippen LogP contribution in [0.1, 0.15) is 32.1 Å². The second-order valence-corrected chi connectivity index (χ2v) is 8.26. The first-order chi connectivity index (χ1) is 14.0. The second kappa shape index (κ2) is 8.01. The fourth-order valence-electron chi connectivity index (χ4n) is 3.05. The molecule has 0 unspecified atom stereocenters. The van der Waals surface area contributed by atoms with Gasteiger partial charge in [0.15, 0.2) is 5.13 Å². The van der Waals surface area contributed by atoms with Gasteiger partial charge in [0.25, 0.3) is 5.91 Å². The van der Waals surface area contributed by atoms with Crippen molar-refractivity contribution in [1.82, 2.24) is 14.8 Å². The van der Waals surface area contributed by atoms with Crippen LogP contribution in [-0.4, -0.2) is 20.7 Å². The normalized spacial score (nSPS) is 10.9. The molecule has 0 saturated carbocycles. The lowest BCUT2D eigenvalue weighted by Crippen LogP contribution is -2.12. The van der Waals surface area contributed by atoms with Gasteiger partial charge in [-0.25, -0.2) is 4.98 Å². The maximum Gasteiger partial charge on any atom is 0.261 e. The number of amides is 1. The molecule has 6 heteroatoms. The molecule has 1 amide bonds. The number of carbonyl (C=O) groups is 1. The fraction of sp³-hybridized carbons (Fsp3) is 0.174. The Labute approximate surface area is 174 Å². The summed E-state index contributed by atoms with van der Waals surface area (Å²) in [7, 11) is 0. The molecule has 5 nitrogen and oxygen atoms in total. The summed E-state index contributed by atoms with van der Waals surface area (Å²) < 4.78 is 1.82. The van der Waals surface area contributed by atoms with E-state index in [9.17, 15) is 4.79 Å². The maximum absolute atomic E-state index is 13.1. The lowest BCUT2D eigenvalue weighted by Gasteiger charge is -2.03. The molecule has 2 aromatic carbocycles. The van der Waals surface area contributed by atoms with E-state index in [1.165, 1.54) is 11.3 Å². The van der Waals surface area contributed by atoms with Gasteiger partial charge in [-0.15, -0.1) is 11.3 Å². The summed E-state index contributed by atoms with van der Waals surface area (Å²) in [5, 5.41) is 8.27. The molecule has 0 spiro atoms. The van der Waals surface area contributed by atoms with E-state index in [1.807, 2.05) is 86.2 Å². The second-order valence-electron chi connectivity index (χ2n) is 7.06. The van der Waals surface area contributed by atoms with Crippen molar-refractivity contribution in [2.75, 3.05) is 5.32 Å². The molecule has 0 bridgehead atoms. The number of hydrogen-bond donors (Lipinski definition) is 1. The molecule has 0 aliphatic rings. The van der Waals surface area contributed by atoms with Gasteiger partial charge in [-0.1, -0.05) is 60.2 Å². The van der Waals surface area contributed by atoms with Gasteiger partial charge in [-0.05, 0) is 26.3 Å². The average Bonchev–Trinajstić information content (AvgIpc) is 3.26. The Hall–Kier alpha value is -3.25. The molecule has 29 heavy (non-hydrogen) atoms. The summed E-state index contributed by atoms with van der Waals surface area (Å²) in [6, 6.07) is 18.1. The van der Waals surface area contributed by atoms with E-state index in [0.717, 1.165) is 27.3 Å². The van der Waals surface area contributed by atoms with E-state index in [2.05, 4.69) is 10.3 Å². The van der Waals surface area contributed by atoms with Gasteiger partial charge in [0, 0.05) is 16.6 Å². The molecule has 2 heterocycles. The quantitative estimate of drug-likeness (QED) is 0.497. The van der Waals surface area contributed by atoms with Crippen molar-refractivity contribution in [2.45, 2.75) is 27.3 Å². The van der Waals surface area contributed by atoms with Crippen LogP contribution in [-0.2, 0) is 6.54 Å². The highest BCUT2D eigenvalue weighted by Gasteiger charge is 2.19. The zero-order chi connectivity index (χ0) is 20.4. The van der Waals surface area contributed by atoms with Crippen LogP contribution >= 0.6 is 11.3 Å². The Morgan fingerprint density at radius 2 is 1.76 bits per heavy atom. The van der Waals surface area contributed by atoms with Gasteiger partial charge in [0.05, 0.1) is 17.8 Å². The van der Waals surface area contributed by atoms with E-state index >= 15 is 0 Å². The molecule has 0 saturated heterocycles. The third kappa shape index (κ3) is 4.27. The molecule has 0 aliphatic heterocycles. The van der Waals surface area contributed by atoms with E-state index in [-0.39, 0.29) is 5.91 Å². The van der Waals surface area contributed by atoms with Gasteiger partial charge < -0.3 is 0 Å². The lowest BCUT2D eigenvalue weighted by molar-refractivity contribution is 0.102. The topological polar surface area (TPSA) is 59.8 Å². The highest BCUT2D eigenvalue weighted by atomic mass is 32.1. The van der Waals surface area contributed by atoms with Crippen molar-refractivity contribution >= 4 is 22.4 Å². The molecule has 146 valence electrons. The number of nitrogens with zero attached hydrogens (tertiary/aromatic N) is 3. The van der Waals surface area contributed by atoms with Gasteiger partial charge in [-0.3, -0.25) is 14.8 Å². The average molecular weight is 403 g/mol. The van der Waals surface area contributed by atoms with Crippen LogP contribution in [0.5, 0.6) is 0 Å². The van der Waals surface area contributed by atoms with Gasteiger partial charge >= 0.3 is 0 Å². The zero-order valence-electron chi connectivity index (χ0n) is 16.6. The van der Waals surface area contributed by atoms with Crippen LogP contribution in [0.3, 0.4) is 0 Å². The van der Waals surface area contributed by atoms with Crippen molar-refractivity contribution in [1.29, 1.82) is 0 Å². The van der Waals surface area contributed by atoms with Gasteiger partial charge in [0.1, 0.15) is 5.69 Å². The Kier molecular flexibility index (Phi) is 5.27.